The Hall–Kier alpha value is -1.88. The Morgan fingerprint density at radius 3 is 2.46 bits per heavy atom. The van der Waals surface area contributed by atoms with E-state index in [1.807, 2.05) is 37.3 Å². The Labute approximate surface area is 143 Å². The topological polar surface area (TPSA) is 66.8 Å². The lowest BCUT2D eigenvalue weighted by molar-refractivity contribution is -0.150. The molecule has 0 saturated carbocycles. The van der Waals surface area contributed by atoms with Gasteiger partial charge in [0.1, 0.15) is 0 Å². The van der Waals surface area contributed by atoms with Gasteiger partial charge in [0.15, 0.2) is 0 Å². The van der Waals surface area contributed by atoms with Crippen LogP contribution in [0.15, 0.2) is 30.3 Å². The van der Waals surface area contributed by atoms with Gasteiger partial charge in [0.25, 0.3) is 0 Å². The monoisotopic (exact) mass is 333 g/mol. The molecule has 2 rings (SSSR count). The van der Waals surface area contributed by atoms with Gasteiger partial charge in [-0.2, -0.15) is 0 Å². The molecule has 1 aliphatic rings. The maximum atomic E-state index is 12.9. The first-order valence-corrected chi connectivity index (χ1v) is 8.58. The van der Waals surface area contributed by atoms with Crippen molar-refractivity contribution in [1.29, 1.82) is 0 Å². The summed E-state index contributed by atoms with van der Waals surface area (Å²) in [6, 6.07) is 9.69. The molecule has 5 nitrogen and oxygen atoms in total. The summed E-state index contributed by atoms with van der Waals surface area (Å²) in [7, 11) is 0. The zero-order chi connectivity index (χ0) is 17.9. The van der Waals surface area contributed by atoms with Crippen LogP contribution < -0.4 is 0 Å². The lowest BCUT2D eigenvalue weighted by Crippen LogP contribution is -2.35. The molecule has 24 heavy (non-hydrogen) atoms. The SMILES string of the molecule is CCOC(=O)C(C)[C@H]1CN([C@H](C)c2ccccc2)C(=O)[C@@H]1[C@H](C)O. The summed E-state index contributed by atoms with van der Waals surface area (Å²) in [6.45, 7) is 7.90. The molecule has 0 spiro atoms. The highest BCUT2D eigenvalue weighted by Gasteiger charge is 2.48. The van der Waals surface area contributed by atoms with Crippen LogP contribution in [-0.2, 0) is 14.3 Å². The fourth-order valence-corrected chi connectivity index (χ4v) is 3.55. The summed E-state index contributed by atoms with van der Waals surface area (Å²) in [5.41, 5.74) is 1.04. The number of rotatable bonds is 6. The van der Waals surface area contributed by atoms with Gasteiger partial charge in [-0.15, -0.1) is 0 Å². The minimum absolute atomic E-state index is 0.0949. The fourth-order valence-electron chi connectivity index (χ4n) is 3.55. The van der Waals surface area contributed by atoms with Crippen LogP contribution in [0.1, 0.15) is 39.3 Å². The highest BCUT2D eigenvalue weighted by molar-refractivity contribution is 5.84. The molecule has 0 radical (unpaired) electrons. The van der Waals surface area contributed by atoms with E-state index < -0.39 is 17.9 Å². The third-order valence-electron chi connectivity index (χ3n) is 5.01. The first-order valence-electron chi connectivity index (χ1n) is 8.58. The van der Waals surface area contributed by atoms with Gasteiger partial charge in [0, 0.05) is 12.5 Å². The number of ether oxygens (including phenoxy) is 1. The van der Waals surface area contributed by atoms with Crippen LogP contribution in [0.2, 0.25) is 0 Å². The van der Waals surface area contributed by atoms with Gasteiger partial charge in [-0.3, -0.25) is 9.59 Å². The molecule has 1 fully saturated rings. The Morgan fingerprint density at radius 2 is 1.92 bits per heavy atom. The van der Waals surface area contributed by atoms with Crippen molar-refractivity contribution < 1.29 is 19.4 Å². The molecule has 1 saturated heterocycles. The Morgan fingerprint density at radius 1 is 1.29 bits per heavy atom. The zero-order valence-corrected chi connectivity index (χ0v) is 14.8. The van der Waals surface area contributed by atoms with Crippen LogP contribution in [0.5, 0.6) is 0 Å². The number of esters is 1. The van der Waals surface area contributed by atoms with E-state index in [-0.39, 0.29) is 23.8 Å². The summed E-state index contributed by atoms with van der Waals surface area (Å²) in [5, 5.41) is 10.1. The van der Waals surface area contributed by atoms with Crippen molar-refractivity contribution in [3.63, 3.8) is 0 Å². The van der Waals surface area contributed by atoms with Crippen molar-refractivity contribution in [3.05, 3.63) is 35.9 Å². The molecular formula is C19H27NO4. The standard InChI is InChI=1S/C19H27NO4/c1-5-24-19(23)12(2)16-11-20(18(22)17(16)14(4)21)13(3)15-9-7-6-8-10-15/h6-10,12-14,16-17,21H,5,11H2,1-4H3/t12?,13-,14+,16-,17-/m1/s1. The highest BCUT2D eigenvalue weighted by atomic mass is 16.5. The molecule has 132 valence electrons. The lowest BCUT2D eigenvalue weighted by Gasteiger charge is -2.26. The molecule has 1 aromatic carbocycles. The summed E-state index contributed by atoms with van der Waals surface area (Å²) in [6.07, 6.45) is -0.799. The van der Waals surface area contributed by atoms with Crippen molar-refractivity contribution >= 4 is 11.9 Å². The van der Waals surface area contributed by atoms with E-state index in [1.165, 1.54) is 0 Å². The van der Waals surface area contributed by atoms with Gasteiger partial charge < -0.3 is 14.7 Å². The zero-order valence-electron chi connectivity index (χ0n) is 14.8. The van der Waals surface area contributed by atoms with E-state index in [2.05, 4.69) is 0 Å². The Balaban J connectivity index is 2.24. The number of carbonyl (C=O) groups is 2. The summed E-state index contributed by atoms with van der Waals surface area (Å²) < 4.78 is 5.11. The Kier molecular flexibility index (Phi) is 5.99. The molecule has 0 aliphatic carbocycles. The summed E-state index contributed by atoms with van der Waals surface area (Å²) in [4.78, 5) is 26.8. The van der Waals surface area contributed by atoms with E-state index in [0.717, 1.165) is 5.56 Å². The van der Waals surface area contributed by atoms with Gasteiger partial charge in [-0.1, -0.05) is 37.3 Å². The highest BCUT2D eigenvalue weighted by Crippen LogP contribution is 2.38. The smallest absolute Gasteiger partial charge is 0.309 e. The molecule has 5 atom stereocenters. The van der Waals surface area contributed by atoms with Crippen LogP contribution >= 0.6 is 0 Å². The Bertz CT molecular complexity index is 572. The predicted octanol–water partition coefficient (Wildman–Crippen LogP) is 2.40. The lowest BCUT2D eigenvalue weighted by atomic mass is 9.82. The van der Waals surface area contributed by atoms with Crippen LogP contribution in [0.4, 0.5) is 0 Å². The largest absolute Gasteiger partial charge is 0.466 e. The van der Waals surface area contributed by atoms with Gasteiger partial charge >= 0.3 is 5.97 Å². The number of carbonyl (C=O) groups excluding carboxylic acids is 2. The van der Waals surface area contributed by atoms with Crippen molar-refractivity contribution in [3.8, 4) is 0 Å². The first-order chi connectivity index (χ1) is 11.4. The normalized spacial score (nSPS) is 24.5. The number of aliphatic hydroxyl groups is 1. The summed E-state index contributed by atoms with van der Waals surface area (Å²) in [5.74, 6) is -1.66. The fraction of sp³-hybridized carbons (Fsp3) is 0.579. The number of hydrogen-bond acceptors (Lipinski definition) is 4. The minimum atomic E-state index is -0.799. The molecule has 0 aromatic heterocycles. The minimum Gasteiger partial charge on any atom is -0.466 e. The van der Waals surface area contributed by atoms with E-state index in [4.69, 9.17) is 4.74 Å². The van der Waals surface area contributed by atoms with Crippen molar-refractivity contribution in [2.75, 3.05) is 13.2 Å². The molecule has 5 heteroatoms. The quantitative estimate of drug-likeness (QED) is 0.812. The number of nitrogens with zero attached hydrogens (tertiary/aromatic N) is 1. The molecule has 1 N–H and O–H groups in total. The van der Waals surface area contributed by atoms with Gasteiger partial charge in [0.2, 0.25) is 5.91 Å². The second kappa shape index (κ2) is 7.79. The van der Waals surface area contributed by atoms with E-state index in [0.29, 0.717) is 13.2 Å². The van der Waals surface area contributed by atoms with Crippen molar-refractivity contribution in [2.45, 2.75) is 39.8 Å². The number of amides is 1. The van der Waals surface area contributed by atoms with Gasteiger partial charge in [-0.05, 0) is 26.3 Å². The number of likely N-dealkylation sites (tertiary alicyclic amines) is 1. The average molecular weight is 333 g/mol. The maximum Gasteiger partial charge on any atom is 0.309 e. The first kappa shape index (κ1) is 18.5. The average Bonchev–Trinajstić information content (AvgIpc) is 2.92. The molecule has 1 unspecified atom stereocenters. The second-order valence-electron chi connectivity index (χ2n) is 6.55. The van der Waals surface area contributed by atoms with Crippen LogP contribution in [0, 0.1) is 17.8 Å². The molecule has 1 aliphatic heterocycles. The summed E-state index contributed by atoms with van der Waals surface area (Å²) >= 11 is 0. The number of aliphatic hydroxyl groups excluding tert-OH is 1. The van der Waals surface area contributed by atoms with Crippen LogP contribution in [-0.4, -0.2) is 41.1 Å². The molecule has 1 aromatic rings. The van der Waals surface area contributed by atoms with Crippen LogP contribution in [0.3, 0.4) is 0 Å². The van der Waals surface area contributed by atoms with Gasteiger partial charge in [0.05, 0.1) is 30.6 Å². The molecule has 1 heterocycles. The van der Waals surface area contributed by atoms with Crippen molar-refractivity contribution in [2.24, 2.45) is 17.8 Å². The molecule has 0 bridgehead atoms. The van der Waals surface area contributed by atoms with Gasteiger partial charge in [-0.25, -0.2) is 0 Å². The van der Waals surface area contributed by atoms with Crippen LogP contribution in [0.25, 0.3) is 0 Å². The van der Waals surface area contributed by atoms with E-state index in [9.17, 15) is 14.7 Å². The van der Waals surface area contributed by atoms with Crippen molar-refractivity contribution in [1.82, 2.24) is 4.90 Å². The van der Waals surface area contributed by atoms with E-state index >= 15 is 0 Å². The maximum absolute atomic E-state index is 12.9. The number of hydrogen-bond donors (Lipinski definition) is 1. The molecule has 1 amide bonds. The third kappa shape index (κ3) is 3.61. The third-order valence-corrected chi connectivity index (χ3v) is 5.01. The number of benzene rings is 1. The van der Waals surface area contributed by atoms with E-state index in [1.54, 1.807) is 25.7 Å². The second-order valence-corrected chi connectivity index (χ2v) is 6.55. The predicted molar refractivity (Wildman–Crippen MR) is 91.0 cm³/mol. The molecular weight excluding hydrogens is 306 g/mol.